The number of fused-ring (bicyclic) bond motifs is 3. The van der Waals surface area contributed by atoms with Crippen molar-refractivity contribution in [1.82, 2.24) is 39.8 Å². The number of cyclic esters (lactones) is 1. The molecule has 2 aliphatic heterocycles. The van der Waals surface area contributed by atoms with Crippen LogP contribution >= 0.6 is 0 Å². The summed E-state index contributed by atoms with van der Waals surface area (Å²) in [6.07, 6.45) is 3.13. The Labute approximate surface area is 602 Å². The largest absolute Gasteiger partial charge is 0.489 e. The van der Waals surface area contributed by atoms with Gasteiger partial charge in [-0.3, -0.25) is 48.3 Å². The highest BCUT2D eigenvalue weighted by atomic mass is 16.6. The zero-order valence-corrected chi connectivity index (χ0v) is 62.4. The van der Waals surface area contributed by atoms with Crippen LogP contribution in [0.2, 0.25) is 0 Å². The molecule has 6 aromatic rings. The Bertz CT molecular complexity index is 3910. The number of ketones is 2. The second-order valence-electron chi connectivity index (χ2n) is 29.7. The first-order valence-corrected chi connectivity index (χ1v) is 36.0. The van der Waals surface area contributed by atoms with Crippen molar-refractivity contribution in [3.8, 4) is 11.1 Å². The molecule has 0 spiro atoms. The van der Waals surface area contributed by atoms with E-state index in [0.29, 0.717) is 42.3 Å². The van der Waals surface area contributed by atoms with E-state index in [1.165, 1.54) is 54.6 Å². The SMILES string of the molecule is CCC(C)[C@@H]1CC(=O)C2CCCN2C(=O)C(Cc2cccc(-c3cccc4ncccc34)c2)N(C)C(=O)C(Cc2ccccc2)NC(=O)[C@H](C(C)C)N(C)C(=O)[C@@H](C(C)CC)OC(=O)[C@H](C(C)(C)O)N(C)C(=O)[C@H](CC(C)C)CC(=O)[C@H](C(C)C)N(C)C1=O.OB(O)c1cccc2ncccc12. The van der Waals surface area contributed by atoms with E-state index < -0.39 is 132 Å². The van der Waals surface area contributed by atoms with E-state index in [4.69, 9.17) is 14.8 Å². The fourth-order valence-electron chi connectivity index (χ4n) is 14.7. The Morgan fingerprint density at radius 1 is 0.598 bits per heavy atom. The molecule has 548 valence electrons. The van der Waals surface area contributed by atoms with Crippen LogP contribution in [0, 0.1) is 41.4 Å². The van der Waals surface area contributed by atoms with Gasteiger partial charge in [-0.25, -0.2) is 4.79 Å². The van der Waals surface area contributed by atoms with Crippen molar-refractivity contribution in [2.24, 2.45) is 41.4 Å². The van der Waals surface area contributed by atoms with Crippen LogP contribution in [-0.4, -0.2) is 192 Å². The Morgan fingerprint density at radius 2 is 1.19 bits per heavy atom. The van der Waals surface area contributed by atoms with Crippen LogP contribution in [0.4, 0.5) is 0 Å². The van der Waals surface area contributed by atoms with Crippen molar-refractivity contribution in [3.05, 3.63) is 139 Å². The minimum absolute atomic E-state index is 0.0000516. The quantitative estimate of drug-likeness (QED) is 0.0553. The van der Waals surface area contributed by atoms with Gasteiger partial charge in [-0.05, 0) is 121 Å². The average molecular weight is 1400 g/mol. The summed E-state index contributed by atoms with van der Waals surface area (Å²) in [6.45, 7) is 21.1. The van der Waals surface area contributed by atoms with Crippen LogP contribution in [-0.2, 0) is 60.7 Å². The lowest BCUT2D eigenvalue weighted by molar-refractivity contribution is -0.178. The number of hydrogen-bond donors (Lipinski definition) is 4. The molecule has 2 fully saturated rings. The number of aliphatic hydroxyl groups is 1. The summed E-state index contributed by atoms with van der Waals surface area (Å²) in [4.78, 5) is 152. The Morgan fingerprint density at radius 3 is 1.78 bits per heavy atom. The molecule has 102 heavy (non-hydrogen) atoms. The fraction of sp³-hybridized carbons (Fsp3) is 0.512. The molecule has 21 nitrogen and oxygen atoms in total. The number of carbonyl (C=O) groups excluding carboxylic acids is 9. The topological polar surface area (TPSA) is 278 Å². The van der Waals surface area contributed by atoms with Crippen LogP contribution in [0.25, 0.3) is 32.9 Å². The van der Waals surface area contributed by atoms with Crippen molar-refractivity contribution in [3.63, 3.8) is 0 Å². The van der Waals surface area contributed by atoms with Gasteiger partial charge in [0.1, 0.15) is 18.1 Å². The summed E-state index contributed by atoms with van der Waals surface area (Å²) in [5, 5.41) is 34.6. The molecule has 4 aromatic carbocycles. The second-order valence-corrected chi connectivity index (χ2v) is 29.7. The summed E-state index contributed by atoms with van der Waals surface area (Å²) < 4.78 is 6.17. The Kier molecular flexibility index (Phi) is 28.4. The van der Waals surface area contributed by atoms with Crippen LogP contribution in [0.5, 0.6) is 0 Å². The highest BCUT2D eigenvalue weighted by Gasteiger charge is 2.48. The van der Waals surface area contributed by atoms with Gasteiger partial charge >= 0.3 is 13.1 Å². The number of rotatable bonds is 15. The van der Waals surface area contributed by atoms with E-state index in [-0.39, 0.29) is 56.3 Å². The molecule has 0 saturated carbocycles. The number of nitrogens with zero attached hydrogens (tertiary/aromatic N) is 7. The standard InChI is InChI=1S/C71H99N7O11.C9H8BNO2/c1-17-45(9)53-41-58(79)56-33-25-35-78(56)68(85)57(39-48-28-22-29-49(37-48)51-30-23-32-54-52(51)31-24-34-72-54)74(13)67(84)55(38-47-26-20-19-21-27-47)73-64(81)61(44(7)8)76(15)69(86)62(46(10)18-2)89-70(87)63(71(11,12)88)77(16)65(82)50(36-42(3)4)40-59(80)60(43(5)6)75(14)66(53)83;12-10(13)8-4-1-5-9-7(8)3-2-6-11-9/h19-24,26-32,34,37,42-46,50,53,55-57,60-63,88H,17-18,25,33,35-36,38-41H2,1-16H3,(H,73,81);1-6,12-13H/t45?,46?,50-,53+,55?,56?,57?,60+,61+,62-,63-;/m1./s1. The molecule has 4 heterocycles. The summed E-state index contributed by atoms with van der Waals surface area (Å²) in [5.41, 5.74) is 3.27. The lowest BCUT2D eigenvalue weighted by atomic mass is 9.78. The maximum atomic E-state index is 15.8. The zero-order valence-electron chi connectivity index (χ0n) is 62.4. The monoisotopic (exact) mass is 1400 g/mol. The van der Waals surface area contributed by atoms with Crippen molar-refractivity contribution < 1.29 is 63.0 Å². The van der Waals surface area contributed by atoms with Gasteiger partial charge in [-0.1, -0.05) is 167 Å². The molecule has 5 unspecified atom stereocenters. The predicted molar refractivity (Wildman–Crippen MR) is 396 cm³/mol. The van der Waals surface area contributed by atoms with Gasteiger partial charge in [-0.2, -0.15) is 0 Å². The molecule has 2 aliphatic rings. The first-order chi connectivity index (χ1) is 48.2. The van der Waals surface area contributed by atoms with Crippen LogP contribution in [0.1, 0.15) is 139 Å². The number of ether oxygens (including phenoxy) is 1. The highest BCUT2D eigenvalue weighted by Crippen LogP contribution is 2.34. The van der Waals surface area contributed by atoms with Gasteiger partial charge in [0.2, 0.25) is 29.5 Å². The van der Waals surface area contributed by atoms with E-state index >= 15 is 28.8 Å². The molecule has 11 atom stereocenters. The van der Waals surface area contributed by atoms with Gasteiger partial charge in [0.05, 0.1) is 28.7 Å². The fourth-order valence-corrected chi connectivity index (χ4v) is 14.7. The third kappa shape index (κ3) is 19.5. The number of Topliss-reactive ketones (excluding diaryl/α,β-unsaturated/α-hetero) is 2. The molecular formula is C80H107BN8O13. The van der Waals surface area contributed by atoms with Gasteiger partial charge in [-0.15, -0.1) is 0 Å². The van der Waals surface area contributed by atoms with E-state index in [1.807, 2.05) is 146 Å². The zero-order chi connectivity index (χ0) is 75.2. The molecule has 22 heteroatoms. The molecule has 2 saturated heterocycles. The van der Waals surface area contributed by atoms with Gasteiger partial charge in [0.15, 0.2) is 23.7 Å². The lowest BCUT2D eigenvalue weighted by Gasteiger charge is -2.39. The number of amides is 6. The molecule has 6 amide bonds. The number of aromatic nitrogens is 2. The van der Waals surface area contributed by atoms with Crippen LogP contribution < -0.4 is 10.8 Å². The Hall–Kier alpha value is -8.73. The summed E-state index contributed by atoms with van der Waals surface area (Å²) in [5.74, 6) is -9.52. The van der Waals surface area contributed by atoms with E-state index in [9.17, 15) is 19.5 Å². The maximum Gasteiger partial charge on any atom is 0.489 e. The van der Waals surface area contributed by atoms with Gasteiger partial charge in [0, 0.05) is 96.0 Å². The minimum Gasteiger partial charge on any atom is -0.450 e. The summed E-state index contributed by atoms with van der Waals surface area (Å²) >= 11 is 0. The number of hydrogen-bond acceptors (Lipinski definition) is 15. The molecule has 0 aliphatic carbocycles. The smallest absolute Gasteiger partial charge is 0.450 e. The molecular weight excluding hydrogens is 1290 g/mol. The molecule has 2 aromatic heterocycles. The number of nitrogens with one attached hydrogen (secondary N) is 1. The summed E-state index contributed by atoms with van der Waals surface area (Å²) in [6, 6.07) is 27.9. The van der Waals surface area contributed by atoms with Gasteiger partial charge in [0.25, 0.3) is 5.91 Å². The first-order valence-electron chi connectivity index (χ1n) is 36.0. The Balaban J connectivity index is 0.000000997. The number of likely N-dealkylation sites (N-methyl/N-ethyl adjacent to an activating group) is 4. The van der Waals surface area contributed by atoms with E-state index in [2.05, 4.69) is 15.3 Å². The van der Waals surface area contributed by atoms with E-state index in [0.717, 1.165) is 37.8 Å². The average Bonchev–Trinajstić information content (AvgIpc) is 1.23. The van der Waals surface area contributed by atoms with Crippen LogP contribution in [0.15, 0.2) is 128 Å². The number of benzene rings is 4. The lowest BCUT2D eigenvalue weighted by Crippen LogP contribution is -2.61. The first kappa shape index (κ1) is 80.6. The third-order valence-electron chi connectivity index (χ3n) is 20.5. The molecule has 8 rings (SSSR count). The number of carbonyl (C=O) groups is 9. The molecule has 0 radical (unpaired) electrons. The predicted octanol–water partition coefficient (Wildman–Crippen LogP) is 8.68. The molecule has 0 bridgehead atoms. The van der Waals surface area contributed by atoms with Crippen molar-refractivity contribution in [2.75, 3.05) is 34.7 Å². The van der Waals surface area contributed by atoms with Crippen molar-refractivity contribution in [1.29, 1.82) is 0 Å². The normalized spacial score (nSPS) is 23.2. The molecule has 4 N–H and O–H groups in total. The number of esters is 1. The minimum atomic E-state index is -1.95. The van der Waals surface area contributed by atoms with Crippen molar-refractivity contribution >= 4 is 87.4 Å². The second kappa shape index (κ2) is 35.9. The van der Waals surface area contributed by atoms with Crippen LogP contribution in [0.3, 0.4) is 0 Å². The third-order valence-corrected chi connectivity index (χ3v) is 20.5. The number of pyridine rings is 2. The van der Waals surface area contributed by atoms with E-state index in [1.54, 1.807) is 58.4 Å². The van der Waals surface area contributed by atoms with Gasteiger partial charge < -0.3 is 49.7 Å². The van der Waals surface area contributed by atoms with Crippen molar-refractivity contribution in [2.45, 2.75) is 189 Å². The highest BCUT2D eigenvalue weighted by molar-refractivity contribution is 6.61. The maximum absolute atomic E-state index is 15.8. The summed E-state index contributed by atoms with van der Waals surface area (Å²) in [7, 11) is 4.41.